The minimum Gasteiger partial charge on any atom is -0.427 e. The molecule has 5 heteroatoms. The van der Waals surface area contributed by atoms with Crippen molar-refractivity contribution in [1.29, 1.82) is 0 Å². The molecule has 0 aliphatic rings. The molecule has 0 fully saturated rings. The number of esters is 1. The highest BCUT2D eigenvalue weighted by Crippen LogP contribution is 2.38. The van der Waals surface area contributed by atoms with Crippen molar-refractivity contribution in [2.75, 3.05) is 0 Å². The Kier molecular flexibility index (Phi) is 4.07. The SMILES string of the molecule is CC(=O)Oc1ccc2c(c1)c1cc3c(-c4ccc(C)cn4)nccc3c(C)c1n2C. The molecule has 30 heavy (non-hydrogen) atoms. The molecule has 2 aromatic carbocycles. The number of pyridine rings is 2. The van der Waals surface area contributed by atoms with E-state index in [0.29, 0.717) is 5.75 Å². The van der Waals surface area contributed by atoms with E-state index in [9.17, 15) is 4.79 Å². The molecule has 0 unspecified atom stereocenters. The van der Waals surface area contributed by atoms with Crippen molar-refractivity contribution in [3.05, 3.63) is 66.0 Å². The van der Waals surface area contributed by atoms with E-state index in [1.807, 2.05) is 43.6 Å². The summed E-state index contributed by atoms with van der Waals surface area (Å²) in [4.78, 5) is 20.7. The standard InChI is InChI=1S/C25H21N3O2/c1-14-5-7-22(27-13-14)24-20-12-21-19-11-17(30-16(3)29)6-8-23(19)28(4)25(21)15(2)18(20)9-10-26-24/h5-13H,1-4H3. The Morgan fingerprint density at radius 1 is 0.933 bits per heavy atom. The number of carbonyl (C=O) groups is 1. The van der Waals surface area contributed by atoms with Gasteiger partial charge in [0.2, 0.25) is 0 Å². The van der Waals surface area contributed by atoms with Crippen LogP contribution >= 0.6 is 0 Å². The van der Waals surface area contributed by atoms with Crippen LogP contribution in [0.15, 0.2) is 54.9 Å². The smallest absolute Gasteiger partial charge is 0.308 e. The van der Waals surface area contributed by atoms with Gasteiger partial charge >= 0.3 is 5.97 Å². The van der Waals surface area contributed by atoms with Gasteiger partial charge in [-0.1, -0.05) is 6.07 Å². The third-order valence-corrected chi connectivity index (χ3v) is 5.66. The summed E-state index contributed by atoms with van der Waals surface area (Å²) >= 11 is 0. The molecule has 3 heterocycles. The lowest BCUT2D eigenvalue weighted by atomic mass is 9.99. The van der Waals surface area contributed by atoms with E-state index in [1.165, 1.54) is 12.5 Å². The van der Waals surface area contributed by atoms with Crippen molar-refractivity contribution in [2.24, 2.45) is 7.05 Å². The molecule has 0 aliphatic heterocycles. The summed E-state index contributed by atoms with van der Waals surface area (Å²) in [6, 6.07) is 14.1. The molecule has 5 aromatic rings. The fraction of sp³-hybridized carbons (Fsp3) is 0.160. The Hall–Kier alpha value is -3.73. The predicted octanol–water partition coefficient (Wildman–Crippen LogP) is 5.48. The number of benzene rings is 2. The summed E-state index contributed by atoms with van der Waals surface area (Å²) in [6.07, 6.45) is 3.71. The van der Waals surface area contributed by atoms with Crippen LogP contribution in [0.4, 0.5) is 0 Å². The zero-order valence-electron chi connectivity index (χ0n) is 17.4. The molecular formula is C25H21N3O2. The van der Waals surface area contributed by atoms with Gasteiger partial charge < -0.3 is 9.30 Å². The van der Waals surface area contributed by atoms with Gasteiger partial charge in [0.05, 0.1) is 16.9 Å². The molecule has 5 rings (SSSR count). The Bertz CT molecular complexity index is 1460. The summed E-state index contributed by atoms with van der Waals surface area (Å²) in [6.45, 7) is 5.58. The Balaban J connectivity index is 1.87. The van der Waals surface area contributed by atoms with Crippen LogP contribution in [0.3, 0.4) is 0 Å². The van der Waals surface area contributed by atoms with Crippen molar-refractivity contribution < 1.29 is 9.53 Å². The Morgan fingerprint density at radius 3 is 2.50 bits per heavy atom. The monoisotopic (exact) mass is 395 g/mol. The first-order valence-corrected chi connectivity index (χ1v) is 9.86. The number of nitrogens with zero attached hydrogens (tertiary/aromatic N) is 3. The third kappa shape index (κ3) is 2.74. The summed E-state index contributed by atoms with van der Waals surface area (Å²) in [5.74, 6) is 0.222. The molecule has 0 aliphatic carbocycles. The average Bonchev–Trinajstić information content (AvgIpc) is 3.00. The number of aromatic nitrogens is 3. The van der Waals surface area contributed by atoms with Crippen molar-refractivity contribution in [3.63, 3.8) is 0 Å². The number of hydrogen-bond donors (Lipinski definition) is 0. The number of aryl methyl sites for hydroxylation is 3. The number of carbonyl (C=O) groups excluding carboxylic acids is 1. The number of rotatable bonds is 2. The van der Waals surface area contributed by atoms with Gasteiger partial charge in [-0.25, -0.2) is 0 Å². The van der Waals surface area contributed by atoms with E-state index in [-0.39, 0.29) is 5.97 Å². The second-order valence-electron chi connectivity index (χ2n) is 7.70. The molecular weight excluding hydrogens is 374 g/mol. The number of hydrogen-bond acceptors (Lipinski definition) is 4. The predicted molar refractivity (Wildman–Crippen MR) is 120 cm³/mol. The molecule has 0 bridgehead atoms. The molecule has 0 atom stereocenters. The van der Waals surface area contributed by atoms with Crippen molar-refractivity contribution in [2.45, 2.75) is 20.8 Å². The van der Waals surface area contributed by atoms with Gasteiger partial charge in [-0.15, -0.1) is 0 Å². The first kappa shape index (κ1) is 18.3. The molecule has 0 saturated heterocycles. The minimum absolute atomic E-state index is 0.326. The van der Waals surface area contributed by atoms with Gasteiger partial charge in [0.1, 0.15) is 5.75 Å². The number of ether oxygens (including phenoxy) is 1. The van der Waals surface area contributed by atoms with Crippen molar-refractivity contribution >= 4 is 38.5 Å². The first-order valence-electron chi connectivity index (χ1n) is 9.86. The summed E-state index contributed by atoms with van der Waals surface area (Å²) in [5.41, 5.74) is 6.26. The van der Waals surface area contributed by atoms with Crippen LogP contribution in [0.25, 0.3) is 44.0 Å². The molecule has 5 nitrogen and oxygen atoms in total. The van der Waals surface area contributed by atoms with Gasteiger partial charge in [0.25, 0.3) is 0 Å². The van der Waals surface area contributed by atoms with E-state index in [1.54, 1.807) is 0 Å². The fourth-order valence-corrected chi connectivity index (χ4v) is 4.31. The van der Waals surface area contributed by atoms with E-state index < -0.39 is 0 Å². The van der Waals surface area contributed by atoms with Gasteiger partial charge in [-0.3, -0.25) is 14.8 Å². The molecule has 0 spiro atoms. The van der Waals surface area contributed by atoms with E-state index in [2.05, 4.69) is 46.7 Å². The van der Waals surface area contributed by atoms with Gasteiger partial charge in [0.15, 0.2) is 0 Å². The van der Waals surface area contributed by atoms with Crippen molar-refractivity contribution in [3.8, 4) is 17.1 Å². The lowest BCUT2D eigenvalue weighted by molar-refractivity contribution is -0.131. The van der Waals surface area contributed by atoms with Crippen molar-refractivity contribution in [1.82, 2.24) is 14.5 Å². The van der Waals surface area contributed by atoms with Gasteiger partial charge in [0, 0.05) is 48.0 Å². The lowest BCUT2D eigenvalue weighted by Gasteiger charge is -2.10. The Labute approximate surface area is 173 Å². The summed E-state index contributed by atoms with van der Waals surface area (Å²) in [7, 11) is 2.07. The van der Waals surface area contributed by atoms with Gasteiger partial charge in [-0.05, 0) is 66.8 Å². The van der Waals surface area contributed by atoms with Crippen LogP contribution in [0, 0.1) is 13.8 Å². The maximum absolute atomic E-state index is 11.4. The highest BCUT2D eigenvalue weighted by atomic mass is 16.5. The minimum atomic E-state index is -0.326. The van der Waals surface area contributed by atoms with Gasteiger partial charge in [-0.2, -0.15) is 0 Å². The number of fused-ring (bicyclic) bond motifs is 4. The molecule has 148 valence electrons. The second-order valence-corrected chi connectivity index (χ2v) is 7.70. The van der Waals surface area contributed by atoms with E-state index >= 15 is 0 Å². The molecule has 0 saturated carbocycles. The highest BCUT2D eigenvalue weighted by molar-refractivity contribution is 6.16. The zero-order valence-corrected chi connectivity index (χ0v) is 17.4. The summed E-state index contributed by atoms with van der Waals surface area (Å²) < 4.78 is 7.53. The normalized spacial score (nSPS) is 11.5. The van der Waals surface area contributed by atoms with Crippen LogP contribution in [0.1, 0.15) is 18.1 Å². The molecule has 0 N–H and O–H groups in total. The van der Waals surface area contributed by atoms with E-state index in [4.69, 9.17) is 4.74 Å². The summed E-state index contributed by atoms with van der Waals surface area (Å²) in [5, 5.41) is 4.36. The maximum atomic E-state index is 11.4. The van der Waals surface area contributed by atoms with Crippen LogP contribution < -0.4 is 4.74 Å². The van der Waals surface area contributed by atoms with Crippen LogP contribution in [-0.4, -0.2) is 20.5 Å². The molecule has 0 amide bonds. The van der Waals surface area contributed by atoms with E-state index in [0.717, 1.165) is 49.5 Å². The van der Waals surface area contributed by atoms with Crippen LogP contribution in [-0.2, 0) is 11.8 Å². The first-order chi connectivity index (χ1) is 14.4. The third-order valence-electron chi connectivity index (χ3n) is 5.66. The lowest BCUT2D eigenvalue weighted by Crippen LogP contribution is -2.00. The topological polar surface area (TPSA) is 57.0 Å². The average molecular weight is 395 g/mol. The second kappa shape index (κ2) is 6.66. The highest BCUT2D eigenvalue weighted by Gasteiger charge is 2.17. The zero-order chi connectivity index (χ0) is 21.0. The molecule has 3 aromatic heterocycles. The Morgan fingerprint density at radius 2 is 1.77 bits per heavy atom. The fourth-order valence-electron chi connectivity index (χ4n) is 4.31. The molecule has 0 radical (unpaired) electrons. The maximum Gasteiger partial charge on any atom is 0.308 e. The van der Waals surface area contributed by atoms with Crippen LogP contribution in [0.2, 0.25) is 0 Å². The van der Waals surface area contributed by atoms with Crippen LogP contribution in [0.5, 0.6) is 5.75 Å². The quantitative estimate of drug-likeness (QED) is 0.293. The largest absolute Gasteiger partial charge is 0.427 e.